The van der Waals surface area contributed by atoms with Crippen molar-refractivity contribution >= 4 is 28.6 Å². The van der Waals surface area contributed by atoms with E-state index in [2.05, 4.69) is 27.5 Å². The van der Waals surface area contributed by atoms with Crippen LogP contribution in [0.1, 0.15) is 23.2 Å². The van der Waals surface area contributed by atoms with Crippen LogP contribution >= 0.6 is 22.6 Å². The predicted octanol–water partition coefficient (Wildman–Crippen LogP) is 2.55. The van der Waals surface area contributed by atoms with Crippen molar-refractivity contribution in [2.24, 2.45) is 0 Å². The van der Waals surface area contributed by atoms with Gasteiger partial charge in [-0.1, -0.05) is 0 Å². The molecule has 0 spiro atoms. The van der Waals surface area contributed by atoms with Gasteiger partial charge < -0.3 is 9.47 Å². The first-order valence-corrected chi connectivity index (χ1v) is 7.51. The highest BCUT2D eigenvalue weighted by atomic mass is 127. The SMILES string of the molecule is COC(=O)c1cc(I)ccc1OCCN1CCCC1. The van der Waals surface area contributed by atoms with E-state index < -0.39 is 0 Å². The van der Waals surface area contributed by atoms with E-state index in [0.717, 1.165) is 23.2 Å². The van der Waals surface area contributed by atoms with Crippen LogP contribution in [0.25, 0.3) is 0 Å². The van der Waals surface area contributed by atoms with Crippen molar-refractivity contribution in [2.75, 3.05) is 33.4 Å². The Kier molecular flexibility index (Phi) is 5.45. The number of likely N-dealkylation sites (tertiary alicyclic amines) is 1. The van der Waals surface area contributed by atoms with Gasteiger partial charge in [-0.05, 0) is 66.7 Å². The summed E-state index contributed by atoms with van der Waals surface area (Å²) >= 11 is 2.17. The van der Waals surface area contributed by atoms with Gasteiger partial charge >= 0.3 is 5.97 Å². The summed E-state index contributed by atoms with van der Waals surface area (Å²) in [6, 6.07) is 5.55. The van der Waals surface area contributed by atoms with E-state index in [0.29, 0.717) is 17.9 Å². The van der Waals surface area contributed by atoms with E-state index in [1.165, 1.54) is 20.0 Å². The molecule has 4 nitrogen and oxygen atoms in total. The molecule has 0 saturated carbocycles. The van der Waals surface area contributed by atoms with Crippen LogP contribution in [-0.2, 0) is 4.74 Å². The van der Waals surface area contributed by atoms with Gasteiger partial charge in [-0.3, -0.25) is 4.90 Å². The fourth-order valence-corrected chi connectivity index (χ4v) is 2.68. The van der Waals surface area contributed by atoms with Gasteiger partial charge in [0.25, 0.3) is 0 Å². The van der Waals surface area contributed by atoms with Gasteiger partial charge in [-0.15, -0.1) is 0 Å². The number of benzene rings is 1. The topological polar surface area (TPSA) is 38.8 Å². The average molecular weight is 375 g/mol. The lowest BCUT2D eigenvalue weighted by Crippen LogP contribution is -2.25. The van der Waals surface area contributed by atoms with Crippen LogP contribution in [0.5, 0.6) is 5.75 Å². The van der Waals surface area contributed by atoms with E-state index in [1.807, 2.05) is 12.1 Å². The quantitative estimate of drug-likeness (QED) is 0.586. The smallest absolute Gasteiger partial charge is 0.341 e. The summed E-state index contributed by atoms with van der Waals surface area (Å²) in [6.45, 7) is 3.82. The number of nitrogens with zero attached hydrogens (tertiary/aromatic N) is 1. The number of hydrogen-bond donors (Lipinski definition) is 0. The number of rotatable bonds is 5. The fourth-order valence-electron chi connectivity index (χ4n) is 2.19. The van der Waals surface area contributed by atoms with Crippen molar-refractivity contribution in [1.82, 2.24) is 4.90 Å². The first-order chi connectivity index (χ1) is 9.20. The molecule has 5 heteroatoms. The Hall–Kier alpha value is -0.820. The van der Waals surface area contributed by atoms with E-state index in [-0.39, 0.29) is 5.97 Å². The van der Waals surface area contributed by atoms with Crippen LogP contribution in [0.3, 0.4) is 0 Å². The number of halogens is 1. The number of hydrogen-bond acceptors (Lipinski definition) is 4. The molecule has 2 rings (SSSR count). The lowest BCUT2D eigenvalue weighted by atomic mass is 10.2. The minimum atomic E-state index is -0.352. The van der Waals surface area contributed by atoms with E-state index >= 15 is 0 Å². The molecule has 0 bridgehead atoms. The molecule has 104 valence electrons. The molecule has 1 heterocycles. The highest BCUT2D eigenvalue weighted by Crippen LogP contribution is 2.22. The molecule has 0 N–H and O–H groups in total. The number of carbonyl (C=O) groups excluding carboxylic acids is 1. The molecule has 1 aliphatic rings. The van der Waals surface area contributed by atoms with E-state index in [9.17, 15) is 4.79 Å². The maximum atomic E-state index is 11.7. The molecule has 1 saturated heterocycles. The van der Waals surface area contributed by atoms with Crippen molar-refractivity contribution < 1.29 is 14.3 Å². The first kappa shape index (κ1) is 14.6. The summed E-state index contributed by atoms with van der Waals surface area (Å²) < 4.78 is 11.5. The fraction of sp³-hybridized carbons (Fsp3) is 0.500. The Morgan fingerprint density at radius 1 is 1.37 bits per heavy atom. The van der Waals surface area contributed by atoms with Crippen molar-refractivity contribution in [2.45, 2.75) is 12.8 Å². The molecule has 0 atom stereocenters. The Morgan fingerprint density at radius 2 is 2.11 bits per heavy atom. The number of methoxy groups -OCH3 is 1. The van der Waals surface area contributed by atoms with Gasteiger partial charge in [-0.2, -0.15) is 0 Å². The highest BCUT2D eigenvalue weighted by Gasteiger charge is 2.15. The van der Waals surface area contributed by atoms with Gasteiger partial charge in [0.15, 0.2) is 0 Å². The zero-order chi connectivity index (χ0) is 13.7. The normalized spacial score (nSPS) is 15.5. The van der Waals surface area contributed by atoms with Crippen LogP contribution in [0.2, 0.25) is 0 Å². The maximum Gasteiger partial charge on any atom is 0.341 e. The predicted molar refractivity (Wildman–Crippen MR) is 81.7 cm³/mol. The lowest BCUT2D eigenvalue weighted by molar-refractivity contribution is 0.0595. The lowest BCUT2D eigenvalue weighted by Gasteiger charge is -2.16. The zero-order valence-corrected chi connectivity index (χ0v) is 13.2. The van der Waals surface area contributed by atoms with Crippen molar-refractivity contribution in [3.8, 4) is 5.75 Å². The minimum Gasteiger partial charge on any atom is -0.491 e. The molecule has 1 aromatic carbocycles. The molecule has 0 unspecified atom stereocenters. The van der Waals surface area contributed by atoms with Crippen molar-refractivity contribution in [3.63, 3.8) is 0 Å². The Balaban J connectivity index is 1.96. The maximum absolute atomic E-state index is 11.7. The molecule has 0 radical (unpaired) electrons. The third kappa shape index (κ3) is 4.07. The molecule has 19 heavy (non-hydrogen) atoms. The summed E-state index contributed by atoms with van der Waals surface area (Å²) in [4.78, 5) is 14.1. The summed E-state index contributed by atoms with van der Waals surface area (Å²) in [7, 11) is 1.39. The van der Waals surface area contributed by atoms with Gasteiger partial charge in [0.05, 0.1) is 7.11 Å². The average Bonchev–Trinajstić information content (AvgIpc) is 2.92. The van der Waals surface area contributed by atoms with E-state index in [1.54, 1.807) is 6.07 Å². The summed E-state index contributed by atoms with van der Waals surface area (Å²) in [5.41, 5.74) is 0.496. The van der Waals surface area contributed by atoms with Gasteiger partial charge in [0.2, 0.25) is 0 Å². The Labute approximate surface area is 127 Å². The number of carbonyl (C=O) groups is 1. The second-order valence-corrected chi connectivity index (χ2v) is 5.77. The zero-order valence-electron chi connectivity index (χ0n) is 11.0. The molecular weight excluding hydrogens is 357 g/mol. The van der Waals surface area contributed by atoms with E-state index in [4.69, 9.17) is 9.47 Å². The first-order valence-electron chi connectivity index (χ1n) is 6.43. The second kappa shape index (κ2) is 7.09. The van der Waals surface area contributed by atoms with Crippen LogP contribution < -0.4 is 4.74 Å². The highest BCUT2D eigenvalue weighted by molar-refractivity contribution is 14.1. The van der Waals surface area contributed by atoms with Crippen molar-refractivity contribution in [1.29, 1.82) is 0 Å². The summed E-state index contributed by atoms with van der Waals surface area (Å²) in [6.07, 6.45) is 2.55. The largest absolute Gasteiger partial charge is 0.491 e. The Morgan fingerprint density at radius 3 is 2.79 bits per heavy atom. The molecule has 0 aliphatic carbocycles. The molecule has 0 amide bonds. The third-order valence-electron chi connectivity index (χ3n) is 3.21. The second-order valence-electron chi connectivity index (χ2n) is 4.53. The molecule has 1 aromatic rings. The van der Waals surface area contributed by atoms with Crippen LogP contribution in [-0.4, -0.2) is 44.2 Å². The molecule has 1 fully saturated rings. The van der Waals surface area contributed by atoms with Crippen LogP contribution in [0.4, 0.5) is 0 Å². The van der Waals surface area contributed by atoms with Gasteiger partial charge in [-0.25, -0.2) is 4.79 Å². The molecular formula is C14H18INO3. The Bertz CT molecular complexity index is 444. The minimum absolute atomic E-state index is 0.352. The van der Waals surface area contributed by atoms with Gasteiger partial charge in [0.1, 0.15) is 17.9 Å². The summed E-state index contributed by atoms with van der Waals surface area (Å²) in [5.74, 6) is 0.251. The summed E-state index contributed by atoms with van der Waals surface area (Å²) in [5, 5.41) is 0. The van der Waals surface area contributed by atoms with Gasteiger partial charge in [0, 0.05) is 10.1 Å². The number of esters is 1. The standard InChI is InChI=1S/C14H18INO3/c1-18-14(17)12-10-11(15)4-5-13(12)19-9-8-16-6-2-3-7-16/h4-5,10H,2-3,6-9H2,1H3. The molecule has 1 aliphatic heterocycles. The molecule has 0 aromatic heterocycles. The van der Waals surface area contributed by atoms with Crippen LogP contribution in [0, 0.1) is 3.57 Å². The monoisotopic (exact) mass is 375 g/mol. The number of ether oxygens (including phenoxy) is 2. The van der Waals surface area contributed by atoms with Crippen LogP contribution in [0.15, 0.2) is 18.2 Å². The third-order valence-corrected chi connectivity index (χ3v) is 3.88. The van der Waals surface area contributed by atoms with Crippen molar-refractivity contribution in [3.05, 3.63) is 27.3 Å².